The fourth-order valence-corrected chi connectivity index (χ4v) is 4.31. The summed E-state index contributed by atoms with van der Waals surface area (Å²) in [5.41, 5.74) is 1.52. The molecule has 0 bridgehead atoms. The second-order valence-corrected chi connectivity index (χ2v) is 7.41. The summed E-state index contributed by atoms with van der Waals surface area (Å²) in [5, 5.41) is 7.73. The van der Waals surface area contributed by atoms with Crippen LogP contribution in [0.15, 0.2) is 34.9 Å². The van der Waals surface area contributed by atoms with Crippen molar-refractivity contribution in [2.24, 2.45) is 0 Å². The number of rotatable bonds is 3. The van der Waals surface area contributed by atoms with E-state index in [9.17, 15) is 4.79 Å². The Morgan fingerprint density at radius 1 is 1.38 bits per heavy atom. The number of methoxy groups -OCH3 is 1. The maximum Gasteiger partial charge on any atom is 0.292 e. The number of hydrogen-bond donors (Lipinski definition) is 1. The number of amides is 1. The van der Waals surface area contributed by atoms with Crippen LogP contribution in [0.2, 0.25) is 0 Å². The van der Waals surface area contributed by atoms with Gasteiger partial charge in [-0.25, -0.2) is 0 Å². The van der Waals surface area contributed by atoms with Crippen molar-refractivity contribution in [3.8, 4) is 17.0 Å². The molecule has 6 nitrogen and oxygen atoms in total. The van der Waals surface area contributed by atoms with E-state index < -0.39 is 0 Å². The number of hydrogen-bond acceptors (Lipinski definition) is 5. The highest BCUT2D eigenvalue weighted by Crippen LogP contribution is 2.34. The lowest BCUT2D eigenvalue weighted by Gasteiger charge is -2.51. The number of ether oxygens (including phenoxy) is 1. The highest BCUT2D eigenvalue weighted by molar-refractivity contribution is 5.93. The van der Waals surface area contributed by atoms with Crippen molar-refractivity contribution in [3.05, 3.63) is 36.1 Å². The maximum absolute atomic E-state index is 13.1. The Balaban J connectivity index is 1.58. The number of likely N-dealkylation sites (tertiary alicyclic amines) is 1. The molecule has 2 aromatic rings. The van der Waals surface area contributed by atoms with Crippen LogP contribution in [0.5, 0.6) is 5.75 Å². The van der Waals surface area contributed by atoms with Crippen molar-refractivity contribution in [2.75, 3.05) is 20.2 Å². The SMILES string of the molecule is COc1cccc(-c2cc(C(=O)N3CCC[C@]4(C)NCCC[C@@H]34)on2)c1. The number of nitrogens with zero attached hydrogens (tertiary/aromatic N) is 2. The molecule has 6 heteroatoms. The van der Waals surface area contributed by atoms with E-state index in [2.05, 4.69) is 17.4 Å². The molecule has 4 rings (SSSR count). The summed E-state index contributed by atoms with van der Waals surface area (Å²) in [7, 11) is 1.63. The summed E-state index contributed by atoms with van der Waals surface area (Å²) in [6.45, 7) is 4.03. The average molecular weight is 355 g/mol. The van der Waals surface area contributed by atoms with E-state index in [0.717, 1.165) is 50.1 Å². The predicted octanol–water partition coefficient (Wildman–Crippen LogP) is 3.10. The summed E-state index contributed by atoms with van der Waals surface area (Å²) < 4.78 is 10.7. The topological polar surface area (TPSA) is 67.6 Å². The van der Waals surface area contributed by atoms with Gasteiger partial charge in [-0.2, -0.15) is 0 Å². The van der Waals surface area contributed by atoms with E-state index in [1.807, 2.05) is 29.2 Å². The van der Waals surface area contributed by atoms with Gasteiger partial charge in [0.25, 0.3) is 5.91 Å². The fraction of sp³-hybridized carbons (Fsp3) is 0.500. The van der Waals surface area contributed by atoms with Crippen molar-refractivity contribution in [1.29, 1.82) is 0 Å². The van der Waals surface area contributed by atoms with Crippen LogP contribution in [0.4, 0.5) is 0 Å². The zero-order chi connectivity index (χ0) is 18.1. The lowest BCUT2D eigenvalue weighted by atomic mass is 9.78. The number of nitrogens with one attached hydrogen (secondary N) is 1. The van der Waals surface area contributed by atoms with Crippen molar-refractivity contribution < 1.29 is 14.1 Å². The summed E-state index contributed by atoms with van der Waals surface area (Å²) in [6.07, 6.45) is 4.23. The van der Waals surface area contributed by atoms with Crippen LogP contribution in [-0.4, -0.2) is 47.7 Å². The Labute approximate surface area is 153 Å². The molecule has 1 amide bonds. The Morgan fingerprint density at radius 3 is 3.12 bits per heavy atom. The third-order valence-electron chi connectivity index (χ3n) is 5.74. The van der Waals surface area contributed by atoms with Gasteiger partial charge in [0.15, 0.2) is 0 Å². The third kappa shape index (κ3) is 2.98. The third-order valence-corrected chi connectivity index (χ3v) is 5.74. The smallest absolute Gasteiger partial charge is 0.292 e. The summed E-state index contributed by atoms with van der Waals surface area (Å²) >= 11 is 0. The molecule has 0 saturated carbocycles. The van der Waals surface area contributed by atoms with E-state index in [-0.39, 0.29) is 17.5 Å². The second-order valence-electron chi connectivity index (χ2n) is 7.41. The number of aromatic nitrogens is 1. The van der Waals surface area contributed by atoms with Gasteiger partial charge < -0.3 is 19.5 Å². The van der Waals surface area contributed by atoms with E-state index in [0.29, 0.717) is 11.5 Å². The number of benzene rings is 1. The van der Waals surface area contributed by atoms with Crippen molar-refractivity contribution >= 4 is 5.91 Å². The molecule has 3 heterocycles. The highest BCUT2D eigenvalue weighted by Gasteiger charge is 2.44. The van der Waals surface area contributed by atoms with Crippen LogP contribution in [0.25, 0.3) is 11.3 Å². The first-order valence-corrected chi connectivity index (χ1v) is 9.28. The number of carbonyl (C=O) groups is 1. The van der Waals surface area contributed by atoms with Gasteiger partial charge in [-0.05, 0) is 51.3 Å². The van der Waals surface area contributed by atoms with Crippen LogP contribution in [0.3, 0.4) is 0 Å². The van der Waals surface area contributed by atoms with Crippen LogP contribution < -0.4 is 10.1 Å². The van der Waals surface area contributed by atoms with Gasteiger partial charge in [-0.3, -0.25) is 4.79 Å². The lowest BCUT2D eigenvalue weighted by Crippen LogP contribution is -2.65. The van der Waals surface area contributed by atoms with Crippen LogP contribution >= 0.6 is 0 Å². The molecular weight excluding hydrogens is 330 g/mol. The lowest BCUT2D eigenvalue weighted by molar-refractivity contribution is 0.0223. The van der Waals surface area contributed by atoms with Gasteiger partial charge in [0.05, 0.1) is 13.2 Å². The predicted molar refractivity (Wildman–Crippen MR) is 98.2 cm³/mol. The van der Waals surface area contributed by atoms with Crippen molar-refractivity contribution in [3.63, 3.8) is 0 Å². The quantitative estimate of drug-likeness (QED) is 0.916. The summed E-state index contributed by atoms with van der Waals surface area (Å²) in [5.74, 6) is 0.988. The van der Waals surface area contributed by atoms with E-state index in [1.165, 1.54) is 0 Å². The van der Waals surface area contributed by atoms with Crippen LogP contribution in [-0.2, 0) is 0 Å². The number of fused-ring (bicyclic) bond motifs is 1. The minimum Gasteiger partial charge on any atom is -0.497 e. The van der Waals surface area contributed by atoms with Gasteiger partial charge in [-0.1, -0.05) is 17.3 Å². The Morgan fingerprint density at radius 2 is 2.27 bits per heavy atom. The monoisotopic (exact) mass is 355 g/mol. The summed E-state index contributed by atoms with van der Waals surface area (Å²) in [4.78, 5) is 15.1. The molecule has 2 fully saturated rings. The number of carbonyl (C=O) groups excluding carboxylic acids is 1. The van der Waals surface area contributed by atoms with E-state index in [1.54, 1.807) is 13.2 Å². The molecule has 138 valence electrons. The maximum atomic E-state index is 13.1. The summed E-state index contributed by atoms with van der Waals surface area (Å²) in [6, 6.07) is 9.53. The van der Waals surface area contributed by atoms with Gasteiger partial charge in [0.1, 0.15) is 11.4 Å². The Bertz CT molecular complexity index is 799. The Hall–Kier alpha value is -2.34. The van der Waals surface area contributed by atoms with Gasteiger partial charge >= 0.3 is 0 Å². The largest absolute Gasteiger partial charge is 0.497 e. The first kappa shape index (κ1) is 17.1. The first-order chi connectivity index (χ1) is 12.6. The molecule has 0 unspecified atom stereocenters. The zero-order valence-electron chi connectivity index (χ0n) is 15.3. The molecule has 1 aromatic heterocycles. The molecule has 0 spiro atoms. The number of piperidine rings is 2. The molecule has 2 aliphatic heterocycles. The molecule has 1 N–H and O–H groups in total. The van der Waals surface area contributed by atoms with Gasteiger partial charge in [0, 0.05) is 23.7 Å². The molecule has 26 heavy (non-hydrogen) atoms. The molecule has 1 aromatic carbocycles. The second kappa shape index (κ2) is 6.76. The molecule has 2 aliphatic rings. The molecule has 0 radical (unpaired) electrons. The van der Waals surface area contributed by atoms with Crippen LogP contribution in [0, 0.1) is 0 Å². The zero-order valence-corrected chi connectivity index (χ0v) is 15.3. The van der Waals surface area contributed by atoms with Crippen molar-refractivity contribution in [1.82, 2.24) is 15.4 Å². The van der Waals surface area contributed by atoms with E-state index >= 15 is 0 Å². The van der Waals surface area contributed by atoms with Gasteiger partial charge in [-0.15, -0.1) is 0 Å². The van der Waals surface area contributed by atoms with E-state index in [4.69, 9.17) is 9.26 Å². The average Bonchev–Trinajstić information content (AvgIpc) is 3.16. The van der Waals surface area contributed by atoms with Crippen molar-refractivity contribution in [2.45, 2.75) is 44.2 Å². The minimum absolute atomic E-state index is 0.00179. The molecule has 0 aliphatic carbocycles. The molecule has 2 saturated heterocycles. The normalized spacial score (nSPS) is 25.6. The first-order valence-electron chi connectivity index (χ1n) is 9.28. The van der Waals surface area contributed by atoms with Crippen LogP contribution in [0.1, 0.15) is 43.2 Å². The molecular formula is C20H25N3O3. The minimum atomic E-state index is -0.0636. The van der Waals surface area contributed by atoms with Gasteiger partial charge in [0.2, 0.25) is 5.76 Å². The highest BCUT2D eigenvalue weighted by atomic mass is 16.5. The Kier molecular flexibility index (Phi) is 4.44. The fourth-order valence-electron chi connectivity index (χ4n) is 4.31. The standard InChI is InChI=1S/C20H25N3O3/c1-20-9-5-11-23(18(20)8-4-10-21-20)19(24)17-13-16(22-26-17)14-6-3-7-15(12-14)25-2/h3,6-7,12-13,18,21H,4-5,8-11H2,1-2H3/t18-,20+/m1/s1. The molecule has 2 atom stereocenters.